The van der Waals surface area contributed by atoms with E-state index in [9.17, 15) is 4.79 Å². The van der Waals surface area contributed by atoms with E-state index in [1.807, 2.05) is 37.3 Å². The topological polar surface area (TPSA) is 35.5 Å². The Balaban J connectivity index is 2.22. The van der Waals surface area contributed by atoms with Crippen molar-refractivity contribution in [1.82, 2.24) is 0 Å². The van der Waals surface area contributed by atoms with Crippen LogP contribution in [0, 0.1) is 0 Å². The van der Waals surface area contributed by atoms with E-state index < -0.39 is 0 Å². The summed E-state index contributed by atoms with van der Waals surface area (Å²) in [5.74, 6) is -0.273. The fraction of sp³-hybridized carbons (Fsp3) is 0.417. The summed E-state index contributed by atoms with van der Waals surface area (Å²) in [6.07, 6.45) is -0.0749. The minimum atomic E-state index is -0.273. The molecule has 0 fully saturated rings. The molecular weight excluding hydrogens is 192 g/mol. The molecule has 0 N–H and O–H groups in total. The van der Waals surface area contributed by atoms with Gasteiger partial charge in [0, 0.05) is 6.92 Å². The second-order valence-electron chi connectivity index (χ2n) is 3.41. The van der Waals surface area contributed by atoms with Crippen LogP contribution in [0.1, 0.15) is 19.4 Å². The van der Waals surface area contributed by atoms with Crippen LogP contribution in [0.5, 0.6) is 0 Å². The van der Waals surface area contributed by atoms with Gasteiger partial charge >= 0.3 is 5.97 Å². The third-order valence-electron chi connectivity index (χ3n) is 1.90. The third-order valence-corrected chi connectivity index (χ3v) is 1.90. The molecule has 1 unspecified atom stereocenters. The van der Waals surface area contributed by atoms with Crippen molar-refractivity contribution in [2.75, 3.05) is 6.61 Å². The first-order valence-electron chi connectivity index (χ1n) is 4.97. The van der Waals surface area contributed by atoms with Crippen molar-refractivity contribution in [1.29, 1.82) is 0 Å². The van der Waals surface area contributed by atoms with E-state index in [1.165, 1.54) is 6.92 Å². The first-order valence-corrected chi connectivity index (χ1v) is 4.97. The summed E-state index contributed by atoms with van der Waals surface area (Å²) in [6.45, 7) is 4.13. The van der Waals surface area contributed by atoms with Gasteiger partial charge in [-0.3, -0.25) is 4.79 Å². The molecule has 1 aromatic carbocycles. The van der Waals surface area contributed by atoms with Gasteiger partial charge in [0.05, 0.1) is 12.7 Å². The molecule has 1 rings (SSSR count). The molecule has 0 radical (unpaired) electrons. The van der Waals surface area contributed by atoms with E-state index in [0.29, 0.717) is 13.2 Å². The second kappa shape index (κ2) is 6.19. The standard InChI is InChI=1S/C12H16O3/c1-10(8-15-11(2)13)14-9-12-6-4-3-5-7-12/h3-7,10H,8-9H2,1-2H3. The highest BCUT2D eigenvalue weighted by molar-refractivity contribution is 5.65. The SMILES string of the molecule is CC(=O)OCC(C)OCc1ccccc1. The Hall–Kier alpha value is -1.35. The Morgan fingerprint density at radius 2 is 2.00 bits per heavy atom. The minimum absolute atomic E-state index is 0.0749. The highest BCUT2D eigenvalue weighted by atomic mass is 16.6. The number of hydrogen-bond donors (Lipinski definition) is 0. The minimum Gasteiger partial charge on any atom is -0.463 e. The molecule has 0 saturated heterocycles. The second-order valence-corrected chi connectivity index (χ2v) is 3.41. The molecule has 1 atom stereocenters. The molecule has 82 valence electrons. The van der Waals surface area contributed by atoms with Gasteiger partial charge < -0.3 is 9.47 Å². The first kappa shape index (κ1) is 11.7. The average Bonchev–Trinajstić information content (AvgIpc) is 2.25. The molecule has 0 spiro atoms. The number of esters is 1. The lowest BCUT2D eigenvalue weighted by atomic mass is 10.2. The molecule has 0 amide bonds. The van der Waals surface area contributed by atoms with Crippen LogP contribution < -0.4 is 0 Å². The van der Waals surface area contributed by atoms with Gasteiger partial charge in [-0.15, -0.1) is 0 Å². The monoisotopic (exact) mass is 208 g/mol. The summed E-state index contributed by atoms with van der Waals surface area (Å²) in [5, 5.41) is 0. The van der Waals surface area contributed by atoms with Gasteiger partial charge in [0.2, 0.25) is 0 Å². The molecule has 0 saturated carbocycles. The molecule has 0 aliphatic carbocycles. The van der Waals surface area contributed by atoms with E-state index >= 15 is 0 Å². The highest BCUT2D eigenvalue weighted by Crippen LogP contribution is 2.03. The zero-order valence-electron chi connectivity index (χ0n) is 9.10. The molecule has 3 nitrogen and oxygen atoms in total. The van der Waals surface area contributed by atoms with E-state index in [0.717, 1.165) is 5.56 Å². The number of benzene rings is 1. The summed E-state index contributed by atoms with van der Waals surface area (Å²) in [4.78, 5) is 10.5. The van der Waals surface area contributed by atoms with Crippen LogP contribution in [0.2, 0.25) is 0 Å². The lowest BCUT2D eigenvalue weighted by Gasteiger charge is -2.12. The Kier molecular flexibility index (Phi) is 4.84. The van der Waals surface area contributed by atoms with Gasteiger partial charge in [-0.1, -0.05) is 30.3 Å². The van der Waals surface area contributed by atoms with Gasteiger partial charge in [0.25, 0.3) is 0 Å². The van der Waals surface area contributed by atoms with Crippen LogP contribution >= 0.6 is 0 Å². The average molecular weight is 208 g/mol. The predicted molar refractivity (Wildman–Crippen MR) is 57.3 cm³/mol. The Bertz CT molecular complexity index is 295. The third kappa shape index (κ3) is 5.18. The number of rotatable bonds is 5. The normalized spacial score (nSPS) is 12.1. The highest BCUT2D eigenvalue weighted by Gasteiger charge is 2.04. The summed E-state index contributed by atoms with van der Waals surface area (Å²) >= 11 is 0. The van der Waals surface area contributed by atoms with Crippen molar-refractivity contribution < 1.29 is 14.3 Å². The molecule has 0 aliphatic heterocycles. The van der Waals surface area contributed by atoms with E-state index in [-0.39, 0.29) is 12.1 Å². The van der Waals surface area contributed by atoms with Crippen LogP contribution in [-0.4, -0.2) is 18.7 Å². The molecule has 0 heterocycles. The van der Waals surface area contributed by atoms with Crippen LogP contribution in [0.4, 0.5) is 0 Å². The quantitative estimate of drug-likeness (QED) is 0.695. The Labute approximate surface area is 90.0 Å². The van der Waals surface area contributed by atoms with Crippen molar-refractivity contribution in [3.05, 3.63) is 35.9 Å². The smallest absolute Gasteiger partial charge is 0.302 e. The molecule has 15 heavy (non-hydrogen) atoms. The van der Waals surface area contributed by atoms with Crippen molar-refractivity contribution in [2.24, 2.45) is 0 Å². The van der Waals surface area contributed by atoms with Crippen LogP contribution in [0.15, 0.2) is 30.3 Å². The Morgan fingerprint density at radius 3 is 2.60 bits per heavy atom. The summed E-state index contributed by atoms with van der Waals surface area (Å²) < 4.78 is 10.3. The summed E-state index contributed by atoms with van der Waals surface area (Å²) in [6, 6.07) is 9.90. The largest absolute Gasteiger partial charge is 0.463 e. The zero-order valence-corrected chi connectivity index (χ0v) is 9.10. The molecule has 0 aromatic heterocycles. The van der Waals surface area contributed by atoms with E-state index in [4.69, 9.17) is 9.47 Å². The maximum absolute atomic E-state index is 10.5. The number of carbonyl (C=O) groups is 1. The van der Waals surface area contributed by atoms with Crippen LogP contribution in [-0.2, 0) is 20.9 Å². The number of hydrogen-bond acceptors (Lipinski definition) is 3. The summed E-state index contributed by atoms with van der Waals surface area (Å²) in [5.41, 5.74) is 1.12. The fourth-order valence-corrected chi connectivity index (χ4v) is 1.10. The zero-order chi connectivity index (χ0) is 11.1. The van der Waals surface area contributed by atoms with Gasteiger partial charge in [-0.05, 0) is 12.5 Å². The Morgan fingerprint density at radius 1 is 1.33 bits per heavy atom. The van der Waals surface area contributed by atoms with E-state index in [2.05, 4.69) is 0 Å². The maximum Gasteiger partial charge on any atom is 0.302 e. The predicted octanol–water partition coefficient (Wildman–Crippen LogP) is 2.15. The van der Waals surface area contributed by atoms with Gasteiger partial charge in [0.15, 0.2) is 0 Å². The molecule has 3 heteroatoms. The fourth-order valence-electron chi connectivity index (χ4n) is 1.10. The van der Waals surface area contributed by atoms with Crippen molar-refractivity contribution in [2.45, 2.75) is 26.6 Å². The molecule has 1 aromatic rings. The first-order chi connectivity index (χ1) is 7.18. The van der Waals surface area contributed by atoms with Gasteiger partial charge in [-0.2, -0.15) is 0 Å². The van der Waals surface area contributed by atoms with Crippen molar-refractivity contribution >= 4 is 5.97 Å². The molecule has 0 aliphatic rings. The van der Waals surface area contributed by atoms with Crippen molar-refractivity contribution in [3.63, 3.8) is 0 Å². The maximum atomic E-state index is 10.5. The van der Waals surface area contributed by atoms with Gasteiger partial charge in [-0.25, -0.2) is 0 Å². The number of carbonyl (C=O) groups excluding carboxylic acids is 1. The molecule has 0 bridgehead atoms. The van der Waals surface area contributed by atoms with Crippen LogP contribution in [0.25, 0.3) is 0 Å². The van der Waals surface area contributed by atoms with E-state index in [1.54, 1.807) is 0 Å². The lowest BCUT2D eigenvalue weighted by Crippen LogP contribution is -2.17. The van der Waals surface area contributed by atoms with Gasteiger partial charge in [0.1, 0.15) is 6.61 Å². The summed E-state index contributed by atoms with van der Waals surface area (Å²) in [7, 11) is 0. The van der Waals surface area contributed by atoms with Crippen molar-refractivity contribution in [3.8, 4) is 0 Å². The van der Waals surface area contributed by atoms with Crippen LogP contribution in [0.3, 0.4) is 0 Å². The number of ether oxygens (including phenoxy) is 2. The lowest BCUT2D eigenvalue weighted by molar-refractivity contribution is -0.145. The molecular formula is C12H16O3.